The van der Waals surface area contributed by atoms with Gasteiger partial charge in [0.05, 0.1) is 5.60 Å². The molecule has 3 rings (SSSR count). The molecule has 22 heavy (non-hydrogen) atoms. The van der Waals surface area contributed by atoms with E-state index >= 15 is 0 Å². The summed E-state index contributed by atoms with van der Waals surface area (Å²) in [5.74, 6) is -2.28. The number of carbonyl (C=O) groups is 1. The summed E-state index contributed by atoms with van der Waals surface area (Å²) in [6, 6.07) is 9.49. The molecular weight excluding hydrogens is 280 g/mol. The number of carboxylic acid groups (broad SMARTS) is 1. The lowest BCUT2D eigenvalue weighted by Gasteiger charge is -2.51. The summed E-state index contributed by atoms with van der Waals surface area (Å²) in [6.07, 6.45) is 4.75. The third-order valence-corrected chi connectivity index (χ3v) is 4.95. The van der Waals surface area contributed by atoms with E-state index in [9.17, 15) is 20.1 Å². The van der Waals surface area contributed by atoms with Crippen molar-refractivity contribution < 1.29 is 20.1 Å². The molecule has 4 heteroatoms. The van der Waals surface area contributed by atoms with Gasteiger partial charge in [0.15, 0.2) is 0 Å². The maximum atomic E-state index is 11.7. The minimum absolute atomic E-state index is 0.422. The average molecular weight is 300 g/mol. The molecular formula is C18H20O4. The quantitative estimate of drug-likeness (QED) is 0.801. The molecule has 2 aliphatic rings. The number of benzene rings is 1. The topological polar surface area (TPSA) is 77.8 Å². The Morgan fingerprint density at radius 3 is 2.32 bits per heavy atom. The lowest BCUT2D eigenvalue weighted by Crippen LogP contribution is -2.63. The lowest BCUT2D eigenvalue weighted by atomic mass is 9.60. The first-order valence-corrected chi connectivity index (χ1v) is 7.52. The Balaban J connectivity index is 2.08. The number of allylic oxidation sites excluding steroid dienone is 2. The molecule has 0 heterocycles. The van der Waals surface area contributed by atoms with Gasteiger partial charge in [0.2, 0.25) is 0 Å². The number of hydrogen-bond acceptors (Lipinski definition) is 3. The maximum absolute atomic E-state index is 11.7. The summed E-state index contributed by atoms with van der Waals surface area (Å²) in [6.45, 7) is 1.84. The first-order chi connectivity index (χ1) is 10.4. The third kappa shape index (κ3) is 2.11. The van der Waals surface area contributed by atoms with Crippen LogP contribution in [0.5, 0.6) is 0 Å². The fraction of sp³-hybridized carbons (Fsp3) is 0.389. The molecule has 2 atom stereocenters. The summed E-state index contributed by atoms with van der Waals surface area (Å²) in [5.41, 5.74) is -0.618. The van der Waals surface area contributed by atoms with E-state index < -0.39 is 23.1 Å². The van der Waals surface area contributed by atoms with Gasteiger partial charge in [-0.1, -0.05) is 36.4 Å². The predicted molar refractivity (Wildman–Crippen MR) is 83.1 cm³/mol. The standard InChI is InChI=1S/C18H20O4/c1-12-11-18(22,17(21)8-5-9-17)15(16(19)20)10-14(12)13-6-3-2-4-7-13/h2-4,6-7,10-11,15,21-22H,5,8-9H2,1H3,(H,19,20). The molecule has 3 N–H and O–H groups in total. The number of hydrogen-bond donors (Lipinski definition) is 3. The Hall–Kier alpha value is -1.91. The van der Waals surface area contributed by atoms with Gasteiger partial charge in [-0.15, -0.1) is 0 Å². The first-order valence-electron chi connectivity index (χ1n) is 7.52. The SMILES string of the molecule is CC1=CC(O)(C2(O)CCC2)C(C(=O)O)C=C1c1ccccc1. The van der Waals surface area contributed by atoms with Crippen molar-refractivity contribution in [1.82, 2.24) is 0 Å². The molecule has 0 saturated heterocycles. The third-order valence-electron chi connectivity index (χ3n) is 4.95. The number of carboxylic acids is 1. The van der Waals surface area contributed by atoms with Crippen molar-refractivity contribution >= 4 is 11.5 Å². The fourth-order valence-electron chi connectivity index (χ4n) is 3.46. The van der Waals surface area contributed by atoms with Crippen LogP contribution >= 0.6 is 0 Å². The van der Waals surface area contributed by atoms with Crippen molar-refractivity contribution in [3.05, 3.63) is 53.6 Å². The zero-order valence-electron chi connectivity index (χ0n) is 12.5. The number of aliphatic carboxylic acids is 1. The molecule has 116 valence electrons. The van der Waals surface area contributed by atoms with Gasteiger partial charge >= 0.3 is 5.97 Å². The summed E-state index contributed by atoms with van der Waals surface area (Å²) < 4.78 is 0. The lowest BCUT2D eigenvalue weighted by molar-refractivity contribution is -0.194. The van der Waals surface area contributed by atoms with Crippen LogP contribution in [-0.4, -0.2) is 32.5 Å². The summed E-state index contributed by atoms with van der Waals surface area (Å²) in [5, 5.41) is 31.1. The predicted octanol–water partition coefficient (Wildman–Crippen LogP) is 2.38. The largest absolute Gasteiger partial charge is 0.481 e. The average Bonchev–Trinajstić information content (AvgIpc) is 2.45. The van der Waals surface area contributed by atoms with Gasteiger partial charge in [-0.2, -0.15) is 0 Å². The smallest absolute Gasteiger partial charge is 0.313 e. The van der Waals surface area contributed by atoms with E-state index in [1.165, 1.54) is 6.08 Å². The van der Waals surface area contributed by atoms with Gasteiger partial charge in [0.1, 0.15) is 11.5 Å². The molecule has 1 aromatic rings. The van der Waals surface area contributed by atoms with Crippen molar-refractivity contribution in [1.29, 1.82) is 0 Å². The molecule has 0 spiro atoms. The highest BCUT2D eigenvalue weighted by Gasteiger charge is 2.58. The highest BCUT2D eigenvalue weighted by Crippen LogP contribution is 2.49. The molecule has 4 nitrogen and oxygen atoms in total. The molecule has 0 bridgehead atoms. The van der Waals surface area contributed by atoms with Crippen molar-refractivity contribution in [3.63, 3.8) is 0 Å². The molecule has 0 aliphatic heterocycles. The minimum Gasteiger partial charge on any atom is -0.481 e. The van der Waals surface area contributed by atoms with Crippen LogP contribution in [0.4, 0.5) is 0 Å². The van der Waals surface area contributed by atoms with E-state index in [0.29, 0.717) is 12.8 Å². The molecule has 0 aromatic heterocycles. The van der Waals surface area contributed by atoms with Crippen LogP contribution in [0.3, 0.4) is 0 Å². The van der Waals surface area contributed by atoms with Crippen LogP contribution in [0.15, 0.2) is 48.1 Å². The highest BCUT2D eigenvalue weighted by atomic mass is 16.4. The van der Waals surface area contributed by atoms with Crippen LogP contribution in [0.2, 0.25) is 0 Å². The summed E-state index contributed by atoms with van der Waals surface area (Å²) >= 11 is 0. The second-order valence-electron chi connectivity index (χ2n) is 6.30. The Labute approximate surface area is 129 Å². The van der Waals surface area contributed by atoms with Crippen LogP contribution in [-0.2, 0) is 4.79 Å². The monoisotopic (exact) mass is 300 g/mol. The van der Waals surface area contributed by atoms with E-state index in [2.05, 4.69) is 0 Å². The Morgan fingerprint density at radius 2 is 1.82 bits per heavy atom. The zero-order valence-corrected chi connectivity index (χ0v) is 12.5. The van der Waals surface area contributed by atoms with Crippen LogP contribution < -0.4 is 0 Å². The van der Waals surface area contributed by atoms with Gasteiger partial charge in [-0.25, -0.2) is 0 Å². The van der Waals surface area contributed by atoms with Crippen molar-refractivity contribution in [2.75, 3.05) is 0 Å². The van der Waals surface area contributed by atoms with Crippen LogP contribution in [0.25, 0.3) is 5.57 Å². The van der Waals surface area contributed by atoms with E-state index in [4.69, 9.17) is 0 Å². The first kappa shape index (κ1) is 15.0. The molecule has 0 radical (unpaired) electrons. The second-order valence-corrected chi connectivity index (χ2v) is 6.30. The normalized spacial score (nSPS) is 30.0. The number of rotatable bonds is 3. The molecule has 2 unspecified atom stereocenters. The van der Waals surface area contributed by atoms with Gasteiger partial charge < -0.3 is 15.3 Å². The van der Waals surface area contributed by atoms with Crippen molar-refractivity contribution in [3.8, 4) is 0 Å². The van der Waals surface area contributed by atoms with Crippen molar-refractivity contribution in [2.45, 2.75) is 37.4 Å². The Kier molecular flexibility index (Phi) is 3.46. The van der Waals surface area contributed by atoms with Crippen LogP contribution in [0, 0.1) is 5.92 Å². The van der Waals surface area contributed by atoms with Gasteiger partial charge in [-0.3, -0.25) is 4.79 Å². The van der Waals surface area contributed by atoms with E-state index in [1.807, 2.05) is 37.3 Å². The molecule has 2 aliphatic carbocycles. The zero-order chi connectivity index (χ0) is 16.0. The highest BCUT2D eigenvalue weighted by molar-refractivity contribution is 5.87. The summed E-state index contributed by atoms with van der Waals surface area (Å²) in [4.78, 5) is 11.7. The van der Waals surface area contributed by atoms with E-state index in [0.717, 1.165) is 23.1 Å². The fourth-order valence-corrected chi connectivity index (χ4v) is 3.46. The minimum atomic E-state index is -1.75. The van der Waals surface area contributed by atoms with Gasteiger partial charge in [0.25, 0.3) is 0 Å². The molecule has 1 saturated carbocycles. The Morgan fingerprint density at radius 1 is 1.18 bits per heavy atom. The van der Waals surface area contributed by atoms with E-state index in [1.54, 1.807) is 6.08 Å². The molecule has 1 fully saturated rings. The van der Waals surface area contributed by atoms with Crippen molar-refractivity contribution in [2.24, 2.45) is 5.92 Å². The van der Waals surface area contributed by atoms with Crippen LogP contribution in [0.1, 0.15) is 31.7 Å². The molecule has 0 amide bonds. The number of aliphatic hydroxyl groups is 2. The van der Waals surface area contributed by atoms with Gasteiger partial charge in [-0.05, 0) is 49.0 Å². The van der Waals surface area contributed by atoms with Gasteiger partial charge in [0, 0.05) is 0 Å². The summed E-state index contributed by atoms with van der Waals surface area (Å²) in [7, 11) is 0. The second kappa shape index (κ2) is 5.07. The Bertz CT molecular complexity index is 655. The van der Waals surface area contributed by atoms with E-state index in [-0.39, 0.29) is 0 Å². The maximum Gasteiger partial charge on any atom is 0.313 e. The molecule has 1 aromatic carbocycles.